The van der Waals surface area contributed by atoms with E-state index >= 15 is 0 Å². The molecule has 2 unspecified atom stereocenters. The highest BCUT2D eigenvalue weighted by Gasteiger charge is 2.34. The second-order valence-corrected chi connectivity index (χ2v) is 7.20. The van der Waals surface area contributed by atoms with Gasteiger partial charge in [0.25, 0.3) is 0 Å². The molecule has 1 N–H and O–H groups in total. The van der Waals surface area contributed by atoms with Crippen molar-refractivity contribution in [1.82, 2.24) is 4.98 Å². The summed E-state index contributed by atoms with van der Waals surface area (Å²) in [4.78, 5) is 8.55. The third kappa shape index (κ3) is 4.05. The quantitative estimate of drug-likeness (QED) is 0.452. The van der Waals surface area contributed by atoms with Crippen molar-refractivity contribution < 1.29 is 19.1 Å². The topological polar surface area (TPSA) is 94.3 Å². The Kier molecular flexibility index (Phi) is 6.23. The number of benzene rings is 1. The summed E-state index contributed by atoms with van der Waals surface area (Å²) in [6.45, 7) is 3.03. The zero-order valence-corrected chi connectivity index (χ0v) is 15.5. The molecule has 1 aromatic heterocycles. The van der Waals surface area contributed by atoms with E-state index in [-0.39, 0.29) is 16.0 Å². The summed E-state index contributed by atoms with van der Waals surface area (Å²) in [7, 11) is 1.65. The summed E-state index contributed by atoms with van der Waals surface area (Å²) < 4.78 is 23.5. The maximum atomic E-state index is 12.7. The number of ether oxygens (including phenoxy) is 2. The standard InChI is InChI=1S/C18H21N3O4S/c1-13-15(19-9-8-17(13)25-11-5-10-24-2)12-26(23)18-20-14-6-3-4-7-16(14)21(18)22/h3-4,6-9,21H,5,10-12H2,1-2H3. The first-order valence-corrected chi connectivity index (χ1v) is 9.60. The Balaban J connectivity index is 1.69. The number of nitrogens with zero attached hydrogens (tertiary/aromatic N) is 2. The zero-order chi connectivity index (χ0) is 18.5. The molecular weight excluding hydrogens is 354 g/mol. The summed E-state index contributed by atoms with van der Waals surface area (Å²) in [6.07, 6.45) is 2.40. The molecule has 2 atom stereocenters. The molecule has 26 heavy (non-hydrogen) atoms. The number of hydrogen-bond donors (Lipinski definition) is 1. The predicted molar refractivity (Wildman–Crippen MR) is 100 cm³/mol. The number of pyridine rings is 1. The van der Waals surface area contributed by atoms with Gasteiger partial charge in [-0.05, 0) is 19.1 Å². The average molecular weight is 375 g/mol. The Labute approximate surface area is 155 Å². The lowest BCUT2D eigenvalue weighted by Gasteiger charge is -2.18. The SMILES string of the molecule is COCCCOc1ccnc(C[S+]([O-])C2=Nc3ccccc3[NH+]2[O-])c1C. The van der Waals surface area contributed by atoms with Crippen LogP contribution in [0.3, 0.4) is 0 Å². The summed E-state index contributed by atoms with van der Waals surface area (Å²) in [6, 6.07) is 8.80. The van der Waals surface area contributed by atoms with Gasteiger partial charge in [0.2, 0.25) is 0 Å². The summed E-state index contributed by atoms with van der Waals surface area (Å²) in [5, 5.41) is 12.2. The average Bonchev–Trinajstić information content (AvgIpc) is 2.99. The van der Waals surface area contributed by atoms with Crippen molar-refractivity contribution in [2.45, 2.75) is 19.1 Å². The highest BCUT2D eigenvalue weighted by molar-refractivity contribution is 8.05. The van der Waals surface area contributed by atoms with Gasteiger partial charge in [-0.2, -0.15) is 0 Å². The molecule has 2 aromatic rings. The lowest BCUT2D eigenvalue weighted by atomic mass is 10.2. The van der Waals surface area contributed by atoms with Gasteiger partial charge in [-0.25, -0.2) is 5.06 Å². The van der Waals surface area contributed by atoms with E-state index in [9.17, 15) is 9.76 Å². The van der Waals surface area contributed by atoms with Crippen LogP contribution in [0.2, 0.25) is 0 Å². The number of hydrogen-bond acceptors (Lipinski definition) is 6. The first kappa shape index (κ1) is 18.8. The number of methoxy groups -OCH3 is 1. The van der Waals surface area contributed by atoms with Gasteiger partial charge < -0.3 is 19.2 Å². The number of para-hydroxylation sites is 2. The van der Waals surface area contributed by atoms with E-state index < -0.39 is 11.2 Å². The van der Waals surface area contributed by atoms with Crippen molar-refractivity contribution in [3.8, 4) is 5.75 Å². The molecule has 2 heterocycles. The molecule has 0 spiro atoms. The number of amidine groups is 1. The number of hydroxylamine groups is 1. The van der Waals surface area contributed by atoms with Crippen molar-refractivity contribution in [2.24, 2.45) is 4.99 Å². The van der Waals surface area contributed by atoms with Gasteiger partial charge in [-0.3, -0.25) is 4.98 Å². The van der Waals surface area contributed by atoms with Crippen LogP contribution in [-0.4, -0.2) is 35.0 Å². The van der Waals surface area contributed by atoms with E-state index in [0.717, 1.165) is 12.0 Å². The molecule has 0 aliphatic carbocycles. The van der Waals surface area contributed by atoms with E-state index in [1.807, 2.05) is 6.92 Å². The molecule has 1 aliphatic heterocycles. The third-order valence-electron chi connectivity index (χ3n) is 4.06. The Morgan fingerprint density at radius 2 is 2.00 bits per heavy atom. The normalized spacial score (nSPS) is 16.9. The highest BCUT2D eigenvalue weighted by Crippen LogP contribution is 2.27. The molecule has 0 saturated heterocycles. The first-order valence-electron chi connectivity index (χ1n) is 8.29. The van der Waals surface area contributed by atoms with Crippen molar-refractivity contribution in [2.75, 3.05) is 20.3 Å². The van der Waals surface area contributed by atoms with Gasteiger partial charge in [0.15, 0.2) is 11.4 Å². The van der Waals surface area contributed by atoms with Gasteiger partial charge in [0.1, 0.15) is 11.4 Å². The molecule has 0 radical (unpaired) electrons. The molecule has 138 valence electrons. The fraction of sp³-hybridized carbons (Fsp3) is 0.333. The van der Waals surface area contributed by atoms with Crippen molar-refractivity contribution in [1.29, 1.82) is 0 Å². The molecular formula is C18H21N3O4S. The third-order valence-corrected chi connectivity index (χ3v) is 5.30. The van der Waals surface area contributed by atoms with E-state index in [4.69, 9.17) is 9.47 Å². The van der Waals surface area contributed by atoms with Crippen LogP contribution in [0.1, 0.15) is 17.7 Å². The Bertz CT molecular complexity index is 800. The maximum absolute atomic E-state index is 12.7. The minimum atomic E-state index is -1.57. The molecule has 0 fully saturated rings. The summed E-state index contributed by atoms with van der Waals surface area (Å²) >= 11 is -1.57. The lowest BCUT2D eigenvalue weighted by Crippen LogP contribution is -3.05. The molecule has 1 aromatic carbocycles. The number of fused-ring (bicyclic) bond motifs is 1. The number of nitrogens with one attached hydrogen (secondary N) is 1. The van der Waals surface area contributed by atoms with Gasteiger partial charge >= 0.3 is 5.17 Å². The first-order chi connectivity index (χ1) is 12.6. The number of quaternary nitrogens is 1. The minimum absolute atomic E-state index is 0.0822. The van der Waals surface area contributed by atoms with Crippen LogP contribution in [0, 0.1) is 12.1 Å². The van der Waals surface area contributed by atoms with Gasteiger partial charge in [0, 0.05) is 38.0 Å². The van der Waals surface area contributed by atoms with E-state index in [0.29, 0.717) is 36.0 Å². The molecule has 0 saturated carbocycles. The van der Waals surface area contributed by atoms with E-state index in [2.05, 4.69) is 9.98 Å². The molecule has 3 rings (SSSR count). The van der Waals surface area contributed by atoms with Gasteiger partial charge in [-0.15, -0.1) is 4.99 Å². The van der Waals surface area contributed by atoms with Crippen molar-refractivity contribution >= 4 is 27.7 Å². The molecule has 7 nitrogen and oxygen atoms in total. The van der Waals surface area contributed by atoms with E-state index in [1.54, 1.807) is 43.6 Å². The lowest BCUT2D eigenvalue weighted by molar-refractivity contribution is -0.659. The van der Waals surface area contributed by atoms with Gasteiger partial charge in [0.05, 0.1) is 23.5 Å². The minimum Gasteiger partial charge on any atom is -0.619 e. The Morgan fingerprint density at radius 3 is 2.77 bits per heavy atom. The molecule has 0 bridgehead atoms. The fourth-order valence-electron chi connectivity index (χ4n) is 2.63. The molecule has 8 heteroatoms. The predicted octanol–water partition coefficient (Wildman–Crippen LogP) is 1.77. The highest BCUT2D eigenvalue weighted by atomic mass is 32.2. The van der Waals surface area contributed by atoms with Crippen LogP contribution in [0.5, 0.6) is 5.75 Å². The van der Waals surface area contributed by atoms with Crippen LogP contribution in [0.15, 0.2) is 41.5 Å². The van der Waals surface area contributed by atoms with Crippen LogP contribution in [0.4, 0.5) is 11.4 Å². The monoisotopic (exact) mass is 375 g/mol. The Hall–Kier alpha value is -1.97. The van der Waals surface area contributed by atoms with Crippen LogP contribution in [0.25, 0.3) is 0 Å². The number of aliphatic imine (C=N–C) groups is 1. The van der Waals surface area contributed by atoms with E-state index in [1.165, 1.54) is 0 Å². The molecule has 0 amide bonds. The maximum Gasteiger partial charge on any atom is 0.415 e. The zero-order valence-electron chi connectivity index (χ0n) is 14.7. The smallest absolute Gasteiger partial charge is 0.415 e. The summed E-state index contributed by atoms with van der Waals surface area (Å²) in [5.41, 5.74) is 2.53. The Morgan fingerprint density at radius 1 is 1.19 bits per heavy atom. The number of rotatable bonds is 7. The number of aromatic nitrogens is 1. The second-order valence-electron chi connectivity index (χ2n) is 5.83. The second kappa shape index (κ2) is 8.61. The summed E-state index contributed by atoms with van der Waals surface area (Å²) in [5.74, 6) is 0.825. The van der Waals surface area contributed by atoms with Crippen LogP contribution >= 0.6 is 0 Å². The van der Waals surface area contributed by atoms with Crippen LogP contribution < -0.4 is 9.80 Å². The van der Waals surface area contributed by atoms with Crippen molar-refractivity contribution in [3.05, 3.63) is 53.0 Å². The largest absolute Gasteiger partial charge is 0.619 e. The molecule has 1 aliphatic rings. The van der Waals surface area contributed by atoms with Crippen LogP contribution in [-0.2, 0) is 21.7 Å². The van der Waals surface area contributed by atoms with Crippen molar-refractivity contribution in [3.63, 3.8) is 0 Å². The van der Waals surface area contributed by atoms with Gasteiger partial charge in [-0.1, -0.05) is 12.1 Å². The fourth-order valence-corrected chi connectivity index (χ4v) is 3.82.